The molecule has 12 heteroatoms. The minimum Gasteiger partial charge on any atom is -0.465 e. The molecule has 2 aromatic heterocycles. The largest absolute Gasteiger partial charge is 0.465 e. The minimum absolute atomic E-state index is 0.0680. The Bertz CT molecular complexity index is 1130. The zero-order chi connectivity index (χ0) is 24.6. The van der Waals surface area contributed by atoms with Crippen LogP contribution in [0.4, 0.5) is 9.93 Å². The van der Waals surface area contributed by atoms with Crippen molar-refractivity contribution >= 4 is 49.8 Å². The van der Waals surface area contributed by atoms with Gasteiger partial charge in [0.05, 0.1) is 10.6 Å². The first-order valence-electron chi connectivity index (χ1n) is 10.6. The van der Waals surface area contributed by atoms with Crippen LogP contribution in [0.3, 0.4) is 0 Å². The third-order valence-corrected chi connectivity index (χ3v) is 10.1. The molecule has 0 saturated carbocycles. The molecule has 0 aliphatic carbocycles. The number of anilines is 1. The number of thiazole rings is 1. The van der Waals surface area contributed by atoms with Crippen molar-refractivity contribution in [2.24, 2.45) is 11.3 Å². The lowest BCUT2D eigenvalue weighted by atomic mass is 9.75. The van der Waals surface area contributed by atoms with E-state index in [0.29, 0.717) is 31.1 Å². The second-order valence-electron chi connectivity index (χ2n) is 9.30. The molecule has 0 spiro atoms. The van der Waals surface area contributed by atoms with Gasteiger partial charge in [-0.05, 0) is 37.2 Å². The van der Waals surface area contributed by atoms with E-state index in [4.69, 9.17) is 0 Å². The number of aryl methyl sites for hydroxylation is 1. The highest BCUT2D eigenvalue weighted by atomic mass is 32.2. The van der Waals surface area contributed by atoms with Crippen molar-refractivity contribution in [2.75, 3.05) is 18.4 Å². The van der Waals surface area contributed by atoms with E-state index in [1.807, 2.05) is 27.7 Å². The van der Waals surface area contributed by atoms with E-state index in [2.05, 4.69) is 15.6 Å². The molecule has 1 unspecified atom stereocenters. The molecule has 0 aromatic carbocycles. The van der Waals surface area contributed by atoms with Gasteiger partial charge in [0.2, 0.25) is 5.91 Å². The highest BCUT2D eigenvalue weighted by Crippen LogP contribution is 2.38. The molecule has 33 heavy (non-hydrogen) atoms. The molecule has 9 nitrogen and oxygen atoms in total. The molecule has 1 aliphatic rings. The second-order valence-corrected chi connectivity index (χ2v) is 13.4. The number of carbonyl (C=O) groups excluding carboxylic acids is 1. The molecule has 3 N–H and O–H groups in total. The van der Waals surface area contributed by atoms with E-state index in [1.54, 1.807) is 11.4 Å². The monoisotopic (exact) mass is 514 g/mol. The quantitative estimate of drug-likeness (QED) is 0.529. The number of piperidine rings is 1. The van der Waals surface area contributed by atoms with E-state index in [1.165, 1.54) is 33.9 Å². The molecular formula is C21H30N4O5S3. The van der Waals surface area contributed by atoms with Gasteiger partial charge in [0.25, 0.3) is 10.0 Å². The number of rotatable bonds is 6. The van der Waals surface area contributed by atoms with Gasteiger partial charge in [-0.15, -0.1) is 11.3 Å². The summed E-state index contributed by atoms with van der Waals surface area (Å²) < 4.78 is 28.3. The molecule has 3 heterocycles. The molecule has 1 atom stereocenters. The fourth-order valence-electron chi connectivity index (χ4n) is 4.19. The first-order valence-corrected chi connectivity index (χ1v) is 13.8. The third kappa shape index (κ3) is 5.92. The number of nitrogens with one attached hydrogen (secondary N) is 2. The number of hydrogen-bond donors (Lipinski definition) is 3. The highest BCUT2D eigenvalue weighted by Gasteiger charge is 2.38. The number of amides is 2. The van der Waals surface area contributed by atoms with Gasteiger partial charge in [-0.3, -0.25) is 4.79 Å². The first kappa shape index (κ1) is 25.6. The lowest BCUT2D eigenvalue weighted by Crippen LogP contribution is -2.51. The van der Waals surface area contributed by atoms with Crippen molar-refractivity contribution in [1.29, 1.82) is 0 Å². The van der Waals surface area contributed by atoms with E-state index in [9.17, 15) is 23.1 Å². The molecule has 1 saturated heterocycles. The van der Waals surface area contributed by atoms with Crippen molar-refractivity contribution in [1.82, 2.24) is 14.6 Å². The van der Waals surface area contributed by atoms with Gasteiger partial charge in [0.15, 0.2) is 5.13 Å². The Kier molecular flexibility index (Phi) is 7.52. The van der Waals surface area contributed by atoms with Crippen LogP contribution in [0.2, 0.25) is 0 Å². The third-order valence-electron chi connectivity index (χ3n) is 5.69. The normalized spacial score (nSPS) is 17.0. The number of sulfonamides is 1. The fraction of sp³-hybridized carbons (Fsp3) is 0.571. The maximum atomic E-state index is 13.3. The summed E-state index contributed by atoms with van der Waals surface area (Å²) in [6.45, 7) is 9.90. The van der Waals surface area contributed by atoms with E-state index < -0.39 is 16.1 Å². The molecule has 3 rings (SSSR count). The number of nitrogens with zero attached hydrogens (tertiary/aromatic N) is 2. The zero-order valence-electron chi connectivity index (χ0n) is 19.3. The van der Waals surface area contributed by atoms with Crippen LogP contribution in [0, 0.1) is 18.3 Å². The second kappa shape index (κ2) is 9.69. The molecule has 1 aliphatic heterocycles. The molecule has 0 bridgehead atoms. The van der Waals surface area contributed by atoms with Crippen molar-refractivity contribution in [3.8, 4) is 10.4 Å². The van der Waals surface area contributed by atoms with Gasteiger partial charge in [-0.2, -0.15) is 4.31 Å². The van der Waals surface area contributed by atoms with Crippen LogP contribution in [-0.2, 0) is 14.8 Å². The number of carbonyl (C=O) groups is 2. The Morgan fingerprint density at radius 3 is 2.45 bits per heavy atom. The maximum absolute atomic E-state index is 13.3. The van der Waals surface area contributed by atoms with Crippen molar-refractivity contribution in [3.05, 3.63) is 17.1 Å². The van der Waals surface area contributed by atoms with Gasteiger partial charge in [0.1, 0.15) is 4.21 Å². The summed E-state index contributed by atoms with van der Waals surface area (Å²) in [5.41, 5.74) is 1.22. The average Bonchev–Trinajstić information content (AvgIpc) is 3.32. The van der Waals surface area contributed by atoms with Crippen LogP contribution >= 0.6 is 22.7 Å². The molecule has 1 fully saturated rings. The molecule has 2 amide bonds. The average molecular weight is 515 g/mol. The van der Waals surface area contributed by atoms with Gasteiger partial charge >= 0.3 is 6.09 Å². The van der Waals surface area contributed by atoms with Crippen molar-refractivity contribution < 1.29 is 23.1 Å². The number of thiophene rings is 1. The lowest BCUT2D eigenvalue weighted by Gasteiger charge is -2.41. The van der Waals surface area contributed by atoms with Crippen LogP contribution in [-0.4, -0.2) is 53.9 Å². The number of hydrogen-bond acceptors (Lipinski definition) is 7. The SMILES string of the molecule is CC(=O)Nc1nc(C)c(-c2csc(S(=O)(=O)N3CCC(C(NC(=O)O)C(C)(C)C)CC3)c2)s1. The Balaban J connectivity index is 1.74. The number of carboxylic acid groups (broad SMARTS) is 1. The summed E-state index contributed by atoms with van der Waals surface area (Å²) in [7, 11) is -3.65. The highest BCUT2D eigenvalue weighted by molar-refractivity contribution is 7.91. The van der Waals surface area contributed by atoms with Crippen molar-refractivity contribution in [3.63, 3.8) is 0 Å². The maximum Gasteiger partial charge on any atom is 0.404 e. The summed E-state index contributed by atoms with van der Waals surface area (Å²) in [6.07, 6.45) is 0.123. The molecule has 2 aromatic rings. The topological polar surface area (TPSA) is 129 Å². The fourth-order valence-corrected chi connectivity index (χ4v) is 8.06. The van der Waals surface area contributed by atoms with Gasteiger partial charge in [-0.1, -0.05) is 32.1 Å². The summed E-state index contributed by atoms with van der Waals surface area (Å²) in [5, 5.41) is 16.8. The summed E-state index contributed by atoms with van der Waals surface area (Å²) >= 11 is 2.48. The van der Waals surface area contributed by atoms with E-state index in [-0.39, 0.29) is 27.5 Å². The van der Waals surface area contributed by atoms with Crippen molar-refractivity contribution in [2.45, 2.75) is 57.7 Å². The van der Waals surface area contributed by atoms with E-state index >= 15 is 0 Å². The minimum atomic E-state index is -3.65. The molecule has 0 radical (unpaired) electrons. The van der Waals surface area contributed by atoms with Gasteiger partial charge in [-0.25, -0.2) is 18.2 Å². The lowest BCUT2D eigenvalue weighted by molar-refractivity contribution is -0.114. The zero-order valence-corrected chi connectivity index (χ0v) is 21.8. The summed E-state index contributed by atoms with van der Waals surface area (Å²) in [5.74, 6) is -0.141. The standard InChI is InChI=1S/C21H30N4O5S3/c1-12-17(32-19(22-12)23-13(2)26)15-10-16(31-11-15)33(29,30)25-8-6-14(7-9-25)18(21(3,4)5)24-20(27)28/h10-11,14,18,24H,6-9H2,1-5H3,(H,27,28)(H,22,23,26). The molecular weight excluding hydrogens is 484 g/mol. The predicted octanol–water partition coefficient (Wildman–Crippen LogP) is 4.22. The van der Waals surface area contributed by atoms with E-state index in [0.717, 1.165) is 16.1 Å². The van der Waals surface area contributed by atoms with Crippen LogP contribution in [0.15, 0.2) is 15.7 Å². The van der Waals surface area contributed by atoms with Crippen LogP contribution in [0.25, 0.3) is 10.4 Å². The Labute approximate surface area is 202 Å². The van der Waals surface area contributed by atoms with Gasteiger partial charge < -0.3 is 15.7 Å². The smallest absolute Gasteiger partial charge is 0.404 e. The van der Waals surface area contributed by atoms with Crippen LogP contribution in [0.1, 0.15) is 46.2 Å². The Hall–Kier alpha value is -2.02. The Morgan fingerprint density at radius 1 is 1.27 bits per heavy atom. The van der Waals surface area contributed by atoms with Crippen LogP contribution in [0.5, 0.6) is 0 Å². The summed E-state index contributed by atoms with van der Waals surface area (Å²) in [4.78, 5) is 27.7. The Morgan fingerprint density at radius 2 is 1.91 bits per heavy atom. The first-order chi connectivity index (χ1) is 15.3. The molecule has 182 valence electrons. The van der Waals surface area contributed by atoms with Gasteiger partial charge in [0, 0.05) is 37.0 Å². The van der Waals surface area contributed by atoms with Crippen LogP contribution < -0.4 is 10.6 Å². The predicted molar refractivity (Wildman–Crippen MR) is 130 cm³/mol. The number of aromatic nitrogens is 1. The summed E-state index contributed by atoms with van der Waals surface area (Å²) in [6, 6.07) is 1.41.